The Balaban J connectivity index is 2.09. The van der Waals surface area contributed by atoms with Gasteiger partial charge in [-0.25, -0.2) is 13.1 Å². The molecule has 1 N–H and O–H groups in total. The van der Waals surface area contributed by atoms with Crippen LogP contribution < -0.4 is 4.72 Å². The average molecular weight is 337 g/mol. The van der Waals surface area contributed by atoms with Crippen molar-refractivity contribution in [3.05, 3.63) is 54.0 Å². The van der Waals surface area contributed by atoms with Crippen LogP contribution in [0.15, 0.2) is 52.0 Å². The van der Waals surface area contributed by atoms with E-state index >= 15 is 0 Å². The van der Waals surface area contributed by atoms with Crippen LogP contribution in [0.3, 0.4) is 0 Å². The third kappa shape index (κ3) is 4.43. The lowest BCUT2D eigenvalue weighted by Crippen LogP contribution is -2.29. The van der Waals surface area contributed by atoms with Crippen LogP contribution >= 0.6 is 0 Å². The second-order valence-corrected chi connectivity index (χ2v) is 8.13. The summed E-state index contributed by atoms with van der Waals surface area (Å²) in [5.74, 6) is 0.582. The molecular formula is C17H23NO4S. The van der Waals surface area contributed by atoms with Crippen molar-refractivity contribution in [1.29, 1.82) is 0 Å². The summed E-state index contributed by atoms with van der Waals surface area (Å²) in [6, 6.07) is 10.4. The van der Waals surface area contributed by atoms with Crippen LogP contribution in [0.25, 0.3) is 0 Å². The van der Waals surface area contributed by atoms with Crippen LogP contribution in [-0.2, 0) is 20.2 Å². The summed E-state index contributed by atoms with van der Waals surface area (Å²) in [7, 11) is -2.08. The Bertz CT molecular complexity index is 713. The number of sulfonamides is 1. The zero-order chi connectivity index (χ0) is 17.1. The van der Waals surface area contributed by atoms with Gasteiger partial charge in [0, 0.05) is 13.7 Å². The Morgan fingerprint density at radius 2 is 1.83 bits per heavy atom. The quantitative estimate of drug-likeness (QED) is 0.878. The van der Waals surface area contributed by atoms with Crippen LogP contribution in [0.2, 0.25) is 0 Å². The molecule has 0 saturated carbocycles. The molecule has 23 heavy (non-hydrogen) atoms. The zero-order valence-electron chi connectivity index (χ0n) is 13.9. The summed E-state index contributed by atoms with van der Waals surface area (Å²) < 4.78 is 37.9. The van der Waals surface area contributed by atoms with E-state index in [0.717, 1.165) is 5.56 Å². The number of ether oxygens (including phenoxy) is 1. The molecular weight excluding hydrogens is 314 g/mol. The lowest BCUT2D eigenvalue weighted by Gasteiger charge is -2.19. The molecule has 0 amide bonds. The molecule has 0 bridgehead atoms. The molecule has 0 aliphatic carbocycles. The molecule has 0 radical (unpaired) electrons. The fourth-order valence-corrected chi connectivity index (χ4v) is 3.21. The summed E-state index contributed by atoms with van der Waals surface area (Å²) in [6.45, 7) is 6.36. The number of rotatable bonds is 6. The van der Waals surface area contributed by atoms with E-state index in [4.69, 9.17) is 9.15 Å². The van der Waals surface area contributed by atoms with Gasteiger partial charge in [-0.3, -0.25) is 0 Å². The van der Waals surface area contributed by atoms with Gasteiger partial charge in [0.05, 0.1) is 11.2 Å². The molecule has 1 heterocycles. The number of furan rings is 1. The number of benzene rings is 1. The highest BCUT2D eigenvalue weighted by Crippen LogP contribution is 2.23. The largest absolute Gasteiger partial charge is 0.467 e. The summed E-state index contributed by atoms with van der Waals surface area (Å²) in [6.07, 6.45) is 1.06. The topological polar surface area (TPSA) is 68.5 Å². The zero-order valence-corrected chi connectivity index (χ0v) is 14.7. The normalized spacial score (nSPS) is 13.9. The molecule has 5 nitrogen and oxygen atoms in total. The van der Waals surface area contributed by atoms with E-state index in [9.17, 15) is 8.42 Å². The van der Waals surface area contributed by atoms with E-state index in [2.05, 4.69) is 25.5 Å². The van der Waals surface area contributed by atoms with E-state index in [1.165, 1.54) is 13.4 Å². The van der Waals surface area contributed by atoms with Crippen LogP contribution in [-0.4, -0.2) is 22.1 Å². The maximum Gasteiger partial charge on any atom is 0.240 e. The molecule has 2 rings (SSSR count). The summed E-state index contributed by atoms with van der Waals surface area (Å²) >= 11 is 0. The van der Waals surface area contributed by atoms with E-state index in [1.807, 2.05) is 12.1 Å². The van der Waals surface area contributed by atoms with Crippen molar-refractivity contribution >= 4 is 10.0 Å². The van der Waals surface area contributed by atoms with Crippen molar-refractivity contribution in [3.8, 4) is 0 Å². The lowest BCUT2D eigenvalue weighted by molar-refractivity contribution is 0.0878. The number of hydrogen-bond acceptors (Lipinski definition) is 4. The van der Waals surface area contributed by atoms with Gasteiger partial charge in [0.25, 0.3) is 0 Å². The maximum atomic E-state index is 12.4. The molecule has 1 unspecified atom stereocenters. The first kappa shape index (κ1) is 17.7. The molecule has 0 saturated heterocycles. The highest BCUT2D eigenvalue weighted by atomic mass is 32.2. The second-order valence-electron chi connectivity index (χ2n) is 6.37. The third-order valence-electron chi connectivity index (χ3n) is 3.63. The minimum Gasteiger partial charge on any atom is -0.467 e. The van der Waals surface area contributed by atoms with Crippen LogP contribution in [0.4, 0.5) is 0 Å². The molecule has 1 aromatic heterocycles. The van der Waals surface area contributed by atoms with Gasteiger partial charge in [-0.2, -0.15) is 0 Å². The molecule has 126 valence electrons. The van der Waals surface area contributed by atoms with Crippen molar-refractivity contribution < 1.29 is 17.6 Å². The van der Waals surface area contributed by atoms with E-state index < -0.39 is 16.1 Å². The van der Waals surface area contributed by atoms with Gasteiger partial charge < -0.3 is 9.15 Å². The van der Waals surface area contributed by atoms with Gasteiger partial charge in [0.1, 0.15) is 11.9 Å². The average Bonchev–Trinajstić information content (AvgIpc) is 3.01. The molecule has 1 atom stereocenters. The monoisotopic (exact) mass is 337 g/mol. The minimum atomic E-state index is -3.59. The Hall–Kier alpha value is -1.63. The third-order valence-corrected chi connectivity index (χ3v) is 5.07. The second kappa shape index (κ2) is 6.86. The van der Waals surface area contributed by atoms with Gasteiger partial charge in [-0.1, -0.05) is 32.9 Å². The van der Waals surface area contributed by atoms with Crippen molar-refractivity contribution in [1.82, 2.24) is 4.72 Å². The number of methoxy groups -OCH3 is 1. The molecule has 0 aliphatic rings. The molecule has 0 aliphatic heterocycles. The van der Waals surface area contributed by atoms with E-state index in [-0.39, 0.29) is 16.9 Å². The Morgan fingerprint density at radius 3 is 2.30 bits per heavy atom. The predicted octanol–water partition coefficient (Wildman–Crippen LogP) is 3.24. The van der Waals surface area contributed by atoms with Crippen LogP contribution in [0.1, 0.15) is 38.2 Å². The summed E-state index contributed by atoms with van der Waals surface area (Å²) in [5, 5.41) is 0. The fourth-order valence-electron chi connectivity index (χ4n) is 2.18. The Morgan fingerprint density at radius 1 is 1.17 bits per heavy atom. The molecule has 0 fully saturated rings. The minimum absolute atomic E-state index is 0.0177. The fraction of sp³-hybridized carbons (Fsp3) is 0.412. The Kier molecular flexibility index (Phi) is 5.29. The van der Waals surface area contributed by atoms with Crippen molar-refractivity contribution in [2.75, 3.05) is 13.7 Å². The molecule has 2 aromatic rings. The number of nitrogens with one attached hydrogen (secondary N) is 1. The first-order valence-electron chi connectivity index (χ1n) is 7.40. The smallest absolute Gasteiger partial charge is 0.240 e. The van der Waals surface area contributed by atoms with Gasteiger partial charge in [-0.05, 0) is 35.2 Å². The van der Waals surface area contributed by atoms with Crippen LogP contribution in [0.5, 0.6) is 0 Å². The SMILES string of the molecule is COC(CNS(=O)(=O)c1ccc(C(C)(C)C)cc1)c1ccco1. The summed E-state index contributed by atoms with van der Waals surface area (Å²) in [5.41, 5.74) is 1.07. The standard InChI is InChI=1S/C17H23NO4S/c1-17(2,3)13-7-9-14(10-8-13)23(19,20)18-12-16(21-4)15-6-5-11-22-15/h5-11,16,18H,12H2,1-4H3. The first-order chi connectivity index (χ1) is 10.7. The highest BCUT2D eigenvalue weighted by molar-refractivity contribution is 7.89. The van der Waals surface area contributed by atoms with E-state index in [1.54, 1.807) is 24.3 Å². The summed E-state index contributed by atoms with van der Waals surface area (Å²) in [4.78, 5) is 0.236. The molecule has 1 aromatic carbocycles. The van der Waals surface area contributed by atoms with Crippen molar-refractivity contribution in [3.63, 3.8) is 0 Å². The predicted molar refractivity (Wildman–Crippen MR) is 88.8 cm³/mol. The maximum absolute atomic E-state index is 12.4. The van der Waals surface area contributed by atoms with E-state index in [0.29, 0.717) is 5.76 Å². The van der Waals surface area contributed by atoms with Gasteiger partial charge in [0.15, 0.2) is 0 Å². The lowest BCUT2D eigenvalue weighted by atomic mass is 9.87. The van der Waals surface area contributed by atoms with Crippen molar-refractivity contribution in [2.24, 2.45) is 0 Å². The first-order valence-corrected chi connectivity index (χ1v) is 8.89. The van der Waals surface area contributed by atoms with Gasteiger partial charge >= 0.3 is 0 Å². The Labute approximate surface area is 137 Å². The van der Waals surface area contributed by atoms with Gasteiger partial charge in [0.2, 0.25) is 10.0 Å². The highest BCUT2D eigenvalue weighted by Gasteiger charge is 2.20. The van der Waals surface area contributed by atoms with Crippen molar-refractivity contribution in [2.45, 2.75) is 37.2 Å². The number of hydrogen-bond donors (Lipinski definition) is 1. The molecule has 6 heteroatoms. The molecule has 0 spiro atoms. The van der Waals surface area contributed by atoms with Crippen LogP contribution in [0, 0.1) is 0 Å². The van der Waals surface area contributed by atoms with Gasteiger partial charge in [-0.15, -0.1) is 0 Å².